The highest BCUT2D eigenvalue weighted by Crippen LogP contribution is 2.16. The SMILES string of the molecule is CC(=O)Nc1ccc(OCC(O)Cn2cnc3ncccc3c2=O)cc1. The summed E-state index contributed by atoms with van der Waals surface area (Å²) in [5.41, 5.74) is 0.772. The third-order valence-electron chi connectivity index (χ3n) is 3.62. The molecule has 8 heteroatoms. The van der Waals surface area contributed by atoms with Gasteiger partial charge in [-0.3, -0.25) is 14.2 Å². The second-order valence-corrected chi connectivity index (χ2v) is 5.75. The number of fused-ring (bicyclic) bond motifs is 1. The molecule has 3 aromatic rings. The van der Waals surface area contributed by atoms with Crippen molar-refractivity contribution in [2.45, 2.75) is 19.6 Å². The molecular weight excluding hydrogens is 336 g/mol. The maximum absolute atomic E-state index is 12.4. The summed E-state index contributed by atoms with van der Waals surface area (Å²) in [4.78, 5) is 31.5. The third kappa shape index (κ3) is 4.22. The molecule has 0 bridgehead atoms. The molecule has 0 saturated heterocycles. The topological polar surface area (TPSA) is 106 Å². The Morgan fingerprint density at radius 2 is 2.04 bits per heavy atom. The zero-order valence-corrected chi connectivity index (χ0v) is 14.1. The van der Waals surface area contributed by atoms with Crippen LogP contribution in [0.1, 0.15) is 6.92 Å². The van der Waals surface area contributed by atoms with Gasteiger partial charge in [0.05, 0.1) is 11.9 Å². The maximum Gasteiger partial charge on any atom is 0.262 e. The molecule has 0 radical (unpaired) electrons. The van der Waals surface area contributed by atoms with Crippen LogP contribution in [0, 0.1) is 0 Å². The molecule has 2 aromatic heterocycles. The monoisotopic (exact) mass is 354 g/mol. The van der Waals surface area contributed by atoms with E-state index in [-0.39, 0.29) is 24.6 Å². The molecule has 0 saturated carbocycles. The van der Waals surface area contributed by atoms with Crippen molar-refractivity contribution in [2.24, 2.45) is 0 Å². The van der Waals surface area contributed by atoms with Gasteiger partial charge in [0.2, 0.25) is 5.91 Å². The van der Waals surface area contributed by atoms with Crippen molar-refractivity contribution in [3.8, 4) is 5.75 Å². The summed E-state index contributed by atoms with van der Waals surface area (Å²) in [5.74, 6) is 0.394. The Morgan fingerprint density at radius 1 is 1.27 bits per heavy atom. The lowest BCUT2D eigenvalue weighted by Crippen LogP contribution is -2.30. The van der Waals surface area contributed by atoms with E-state index >= 15 is 0 Å². The van der Waals surface area contributed by atoms with Crippen LogP contribution in [0.4, 0.5) is 5.69 Å². The number of anilines is 1. The van der Waals surface area contributed by atoms with Gasteiger partial charge in [0, 0.05) is 18.8 Å². The summed E-state index contributed by atoms with van der Waals surface area (Å²) >= 11 is 0. The Hall–Kier alpha value is -3.26. The van der Waals surface area contributed by atoms with Crippen LogP contribution in [0.3, 0.4) is 0 Å². The van der Waals surface area contributed by atoms with Gasteiger partial charge in [-0.15, -0.1) is 0 Å². The largest absolute Gasteiger partial charge is 0.491 e. The van der Waals surface area contributed by atoms with Gasteiger partial charge in [-0.05, 0) is 36.4 Å². The van der Waals surface area contributed by atoms with E-state index in [1.54, 1.807) is 42.6 Å². The molecule has 2 heterocycles. The highest BCUT2D eigenvalue weighted by molar-refractivity contribution is 5.88. The van der Waals surface area contributed by atoms with Gasteiger partial charge >= 0.3 is 0 Å². The summed E-state index contributed by atoms with van der Waals surface area (Å²) in [5, 5.41) is 13.2. The fourth-order valence-corrected chi connectivity index (χ4v) is 2.44. The number of nitrogens with one attached hydrogen (secondary N) is 1. The second-order valence-electron chi connectivity index (χ2n) is 5.75. The number of aliphatic hydroxyl groups is 1. The Bertz CT molecular complexity index is 969. The van der Waals surface area contributed by atoms with Gasteiger partial charge in [0.1, 0.15) is 24.8 Å². The molecule has 8 nitrogen and oxygen atoms in total. The van der Waals surface area contributed by atoms with Crippen molar-refractivity contribution in [2.75, 3.05) is 11.9 Å². The van der Waals surface area contributed by atoms with Crippen LogP contribution in [-0.4, -0.2) is 38.3 Å². The third-order valence-corrected chi connectivity index (χ3v) is 3.62. The van der Waals surface area contributed by atoms with Crippen LogP contribution in [0.2, 0.25) is 0 Å². The molecule has 1 amide bonds. The van der Waals surface area contributed by atoms with Crippen LogP contribution in [0.5, 0.6) is 5.75 Å². The zero-order chi connectivity index (χ0) is 18.5. The predicted octanol–water partition coefficient (Wildman–Crippen LogP) is 1.19. The van der Waals surface area contributed by atoms with E-state index < -0.39 is 6.10 Å². The molecule has 134 valence electrons. The van der Waals surface area contributed by atoms with Crippen molar-refractivity contribution in [3.63, 3.8) is 0 Å². The molecule has 0 spiro atoms. The number of nitrogens with zero attached hydrogens (tertiary/aromatic N) is 3. The normalized spacial score (nSPS) is 11.9. The van der Waals surface area contributed by atoms with Gasteiger partial charge in [-0.25, -0.2) is 9.97 Å². The van der Waals surface area contributed by atoms with E-state index in [0.29, 0.717) is 22.5 Å². The molecule has 3 rings (SSSR count). The van der Waals surface area contributed by atoms with Crippen LogP contribution in [0.15, 0.2) is 53.7 Å². The Balaban J connectivity index is 1.61. The first-order valence-corrected chi connectivity index (χ1v) is 8.01. The standard InChI is InChI=1S/C18H18N4O4/c1-12(23)21-13-4-6-15(7-5-13)26-10-14(24)9-22-11-20-17-16(18(22)25)3-2-8-19-17/h2-8,11,14,24H,9-10H2,1H3,(H,21,23). The van der Waals surface area contributed by atoms with Crippen LogP contribution >= 0.6 is 0 Å². The highest BCUT2D eigenvalue weighted by atomic mass is 16.5. The average molecular weight is 354 g/mol. The van der Waals surface area contributed by atoms with Gasteiger partial charge in [0.15, 0.2) is 5.65 Å². The van der Waals surface area contributed by atoms with E-state index in [4.69, 9.17) is 4.74 Å². The molecule has 1 atom stereocenters. The predicted molar refractivity (Wildman–Crippen MR) is 96.0 cm³/mol. The molecule has 0 fully saturated rings. The summed E-state index contributed by atoms with van der Waals surface area (Å²) in [7, 11) is 0. The molecular formula is C18H18N4O4. The van der Waals surface area contributed by atoms with Crippen molar-refractivity contribution in [1.82, 2.24) is 14.5 Å². The lowest BCUT2D eigenvalue weighted by atomic mass is 10.3. The van der Waals surface area contributed by atoms with Crippen LogP contribution < -0.4 is 15.6 Å². The van der Waals surface area contributed by atoms with Gasteiger partial charge in [0.25, 0.3) is 5.56 Å². The van der Waals surface area contributed by atoms with E-state index in [9.17, 15) is 14.7 Å². The molecule has 0 aliphatic carbocycles. The number of hydrogen-bond donors (Lipinski definition) is 2. The van der Waals surface area contributed by atoms with E-state index in [2.05, 4.69) is 15.3 Å². The molecule has 26 heavy (non-hydrogen) atoms. The molecule has 1 aromatic carbocycles. The summed E-state index contributed by atoms with van der Waals surface area (Å²) in [6.45, 7) is 1.50. The van der Waals surface area contributed by atoms with E-state index in [0.717, 1.165) is 0 Å². The Morgan fingerprint density at radius 3 is 2.77 bits per heavy atom. The van der Waals surface area contributed by atoms with Gasteiger partial charge in [-0.2, -0.15) is 0 Å². The first-order chi connectivity index (χ1) is 12.5. The second kappa shape index (κ2) is 7.75. The lowest BCUT2D eigenvalue weighted by molar-refractivity contribution is -0.114. The number of benzene rings is 1. The van der Waals surface area contributed by atoms with Crippen LogP contribution in [-0.2, 0) is 11.3 Å². The maximum atomic E-state index is 12.4. The summed E-state index contributed by atoms with van der Waals surface area (Å²) in [6, 6.07) is 10.1. The minimum atomic E-state index is -0.890. The first-order valence-electron chi connectivity index (χ1n) is 8.01. The quantitative estimate of drug-likeness (QED) is 0.689. The number of carbonyl (C=O) groups is 1. The fourth-order valence-electron chi connectivity index (χ4n) is 2.44. The average Bonchev–Trinajstić information content (AvgIpc) is 2.63. The van der Waals surface area contributed by atoms with Crippen LogP contribution in [0.25, 0.3) is 11.0 Å². The minimum Gasteiger partial charge on any atom is -0.491 e. The van der Waals surface area contributed by atoms with Crippen molar-refractivity contribution in [3.05, 3.63) is 59.3 Å². The molecule has 1 unspecified atom stereocenters. The van der Waals surface area contributed by atoms with E-state index in [1.165, 1.54) is 17.8 Å². The lowest BCUT2D eigenvalue weighted by Gasteiger charge is -2.14. The number of amides is 1. The number of pyridine rings is 1. The van der Waals surface area contributed by atoms with Crippen molar-refractivity contribution in [1.29, 1.82) is 0 Å². The number of ether oxygens (including phenoxy) is 1. The summed E-state index contributed by atoms with van der Waals surface area (Å²) in [6.07, 6.45) is 2.04. The highest BCUT2D eigenvalue weighted by Gasteiger charge is 2.10. The fraction of sp³-hybridized carbons (Fsp3) is 0.222. The number of carbonyl (C=O) groups excluding carboxylic acids is 1. The Kier molecular flexibility index (Phi) is 5.23. The number of hydrogen-bond acceptors (Lipinski definition) is 6. The molecule has 2 N–H and O–H groups in total. The first kappa shape index (κ1) is 17.6. The zero-order valence-electron chi connectivity index (χ0n) is 14.1. The van der Waals surface area contributed by atoms with Crippen molar-refractivity contribution < 1.29 is 14.6 Å². The van der Waals surface area contributed by atoms with Gasteiger partial charge < -0.3 is 15.2 Å². The number of aliphatic hydroxyl groups excluding tert-OH is 1. The molecule has 0 aliphatic heterocycles. The number of rotatable bonds is 6. The Labute approximate surface area is 149 Å². The number of aromatic nitrogens is 3. The van der Waals surface area contributed by atoms with Crippen molar-refractivity contribution >= 4 is 22.6 Å². The smallest absolute Gasteiger partial charge is 0.262 e. The summed E-state index contributed by atoms with van der Waals surface area (Å²) < 4.78 is 6.85. The van der Waals surface area contributed by atoms with Gasteiger partial charge in [-0.1, -0.05) is 0 Å². The van der Waals surface area contributed by atoms with E-state index in [1.807, 2.05) is 0 Å². The minimum absolute atomic E-state index is 0.0109. The molecule has 0 aliphatic rings.